The summed E-state index contributed by atoms with van der Waals surface area (Å²) < 4.78 is 18.7. The number of nitrogens with zero attached hydrogens (tertiary/aromatic N) is 3. The molecule has 1 fully saturated rings. The maximum atomic E-state index is 13.3. The maximum Gasteiger partial charge on any atom is 0.231 e. The molecule has 1 amide bonds. The number of amides is 1. The van der Waals surface area contributed by atoms with E-state index in [4.69, 9.17) is 10.3 Å². The van der Waals surface area contributed by atoms with E-state index in [1.54, 1.807) is 12.1 Å². The Hall–Kier alpha value is -2.28. The van der Waals surface area contributed by atoms with Gasteiger partial charge >= 0.3 is 0 Å². The smallest absolute Gasteiger partial charge is 0.231 e. The van der Waals surface area contributed by atoms with Gasteiger partial charge in [-0.1, -0.05) is 24.2 Å². The molecule has 7 heteroatoms. The predicted molar refractivity (Wildman–Crippen MR) is 86.5 cm³/mol. The zero-order valence-electron chi connectivity index (χ0n) is 13.6. The Morgan fingerprint density at radius 2 is 2.38 bits per heavy atom. The zero-order chi connectivity index (χ0) is 17.1. The molecule has 2 heterocycles. The minimum absolute atomic E-state index is 0.00230. The van der Waals surface area contributed by atoms with Crippen LogP contribution in [0.25, 0.3) is 11.4 Å². The van der Waals surface area contributed by atoms with Gasteiger partial charge in [0.2, 0.25) is 17.6 Å². The molecule has 2 N–H and O–H groups in total. The van der Waals surface area contributed by atoms with Crippen molar-refractivity contribution >= 4 is 5.91 Å². The third-order valence-corrected chi connectivity index (χ3v) is 4.38. The van der Waals surface area contributed by atoms with Crippen LogP contribution in [0.1, 0.15) is 31.6 Å². The summed E-state index contributed by atoms with van der Waals surface area (Å²) in [5.41, 5.74) is 6.16. The Morgan fingerprint density at radius 1 is 1.54 bits per heavy atom. The zero-order valence-corrected chi connectivity index (χ0v) is 13.6. The fraction of sp³-hybridized carbons (Fsp3) is 0.471. The minimum Gasteiger partial charge on any atom is -0.342 e. The first-order valence-corrected chi connectivity index (χ1v) is 8.17. The summed E-state index contributed by atoms with van der Waals surface area (Å²) in [5.74, 6) is 0.392. The minimum atomic E-state index is -0.343. The standard InChI is InChI=1S/C17H21FN4O2/c1-11(9-19)17(23)22-7-3-5-13(10-22)16-20-15(21-24-16)12-4-2-6-14(18)8-12/h2,4,6,8,11,13H,3,5,7,9-10,19H2,1H3. The molecule has 2 aromatic rings. The topological polar surface area (TPSA) is 85.3 Å². The second kappa shape index (κ2) is 7.09. The number of piperidine rings is 1. The fourth-order valence-electron chi connectivity index (χ4n) is 2.94. The van der Waals surface area contributed by atoms with Crippen molar-refractivity contribution in [2.75, 3.05) is 19.6 Å². The Balaban J connectivity index is 1.74. The quantitative estimate of drug-likeness (QED) is 0.927. The van der Waals surface area contributed by atoms with Crippen LogP contribution in [0.5, 0.6) is 0 Å². The molecule has 1 saturated heterocycles. The summed E-state index contributed by atoms with van der Waals surface area (Å²) in [6.45, 7) is 3.45. The molecule has 6 nitrogen and oxygen atoms in total. The first-order chi connectivity index (χ1) is 11.6. The van der Waals surface area contributed by atoms with Gasteiger partial charge in [0.1, 0.15) is 5.82 Å². The third kappa shape index (κ3) is 3.46. The van der Waals surface area contributed by atoms with E-state index in [-0.39, 0.29) is 23.6 Å². The molecule has 1 aromatic carbocycles. The summed E-state index contributed by atoms with van der Waals surface area (Å²) >= 11 is 0. The van der Waals surface area contributed by atoms with Crippen LogP contribution in [0.4, 0.5) is 4.39 Å². The lowest BCUT2D eigenvalue weighted by Gasteiger charge is -2.32. The van der Waals surface area contributed by atoms with Crippen molar-refractivity contribution in [1.82, 2.24) is 15.0 Å². The van der Waals surface area contributed by atoms with Crippen LogP contribution in [-0.2, 0) is 4.79 Å². The molecule has 2 unspecified atom stereocenters. The Labute approximate surface area is 139 Å². The highest BCUT2D eigenvalue weighted by Crippen LogP contribution is 2.28. The molecule has 0 bridgehead atoms. The monoisotopic (exact) mass is 332 g/mol. The number of hydrogen-bond acceptors (Lipinski definition) is 5. The predicted octanol–water partition coefficient (Wildman–Crippen LogP) is 2.18. The van der Waals surface area contributed by atoms with Crippen LogP contribution in [0.15, 0.2) is 28.8 Å². The van der Waals surface area contributed by atoms with Gasteiger partial charge in [0.25, 0.3) is 0 Å². The molecule has 0 spiro atoms. The van der Waals surface area contributed by atoms with E-state index >= 15 is 0 Å². The van der Waals surface area contributed by atoms with E-state index in [9.17, 15) is 9.18 Å². The number of carbonyl (C=O) groups excluding carboxylic acids is 1. The summed E-state index contributed by atoms with van der Waals surface area (Å²) in [6, 6.07) is 6.08. The van der Waals surface area contributed by atoms with Crippen molar-refractivity contribution < 1.29 is 13.7 Å². The van der Waals surface area contributed by atoms with Crippen LogP contribution in [0, 0.1) is 11.7 Å². The lowest BCUT2D eigenvalue weighted by atomic mass is 9.96. The first-order valence-electron chi connectivity index (χ1n) is 8.17. The molecule has 0 aliphatic carbocycles. The van der Waals surface area contributed by atoms with Crippen molar-refractivity contribution in [2.45, 2.75) is 25.7 Å². The highest BCUT2D eigenvalue weighted by molar-refractivity contribution is 5.78. The van der Waals surface area contributed by atoms with Crippen LogP contribution in [-0.4, -0.2) is 40.6 Å². The lowest BCUT2D eigenvalue weighted by Crippen LogP contribution is -2.43. The van der Waals surface area contributed by atoms with E-state index in [1.165, 1.54) is 12.1 Å². The van der Waals surface area contributed by atoms with Gasteiger partial charge in [-0.15, -0.1) is 0 Å². The number of benzene rings is 1. The second-order valence-electron chi connectivity index (χ2n) is 6.23. The van der Waals surface area contributed by atoms with Gasteiger partial charge < -0.3 is 15.2 Å². The molecule has 1 aliphatic heterocycles. The average Bonchev–Trinajstić information content (AvgIpc) is 3.11. The van der Waals surface area contributed by atoms with Gasteiger partial charge in [-0.3, -0.25) is 4.79 Å². The van der Waals surface area contributed by atoms with Gasteiger partial charge in [-0.05, 0) is 25.0 Å². The Bertz CT molecular complexity index is 718. The number of nitrogens with two attached hydrogens (primary N) is 1. The van der Waals surface area contributed by atoms with E-state index in [0.717, 1.165) is 19.4 Å². The van der Waals surface area contributed by atoms with Gasteiger partial charge in [0.15, 0.2) is 0 Å². The molecular formula is C17H21FN4O2. The number of carbonyl (C=O) groups is 1. The fourth-order valence-corrected chi connectivity index (χ4v) is 2.94. The molecule has 24 heavy (non-hydrogen) atoms. The van der Waals surface area contributed by atoms with Crippen LogP contribution in [0.3, 0.4) is 0 Å². The highest BCUT2D eigenvalue weighted by atomic mass is 19.1. The van der Waals surface area contributed by atoms with Gasteiger partial charge in [0, 0.05) is 31.1 Å². The maximum absolute atomic E-state index is 13.3. The number of aromatic nitrogens is 2. The molecule has 0 radical (unpaired) electrons. The van der Waals surface area contributed by atoms with E-state index in [2.05, 4.69) is 10.1 Å². The Kier molecular flexibility index (Phi) is 4.89. The highest BCUT2D eigenvalue weighted by Gasteiger charge is 2.30. The largest absolute Gasteiger partial charge is 0.342 e. The SMILES string of the molecule is CC(CN)C(=O)N1CCCC(c2nc(-c3cccc(F)c3)no2)C1. The number of halogens is 1. The summed E-state index contributed by atoms with van der Waals surface area (Å²) in [6.07, 6.45) is 1.76. The lowest BCUT2D eigenvalue weighted by molar-refractivity contribution is -0.136. The normalized spacial score (nSPS) is 19.3. The number of hydrogen-bond donors (Lipinski definition) is 1. The van der Waals surface area contributed by atoms with E-state index < -0.39 is 0 Å². The van der Waals surface area contributed by atoms with Crippen molar-refractivity contribution in [3.8, 4) is 11.4 Å². The van der Waals surface area contributed by atoms with Gasteiger partial charge in [-0.25, -0.2) is 4.39 Å². The van der Waals surface area contributed by atoms with Crippen molar-refractivity contribution in [3.05, 3.63) is 36.0 Å². The first kappa shape index (κ1) is 16.6. The molecule has 1 aromatic heterocycles. The van der Waals surface area contributed by atoms with Crippen molar-refractivity contribution in [2.24, 2.45) is 11.7 Å². The summed E-state index contributed by atoms with van der Waals surface area (Å²) in [4.78, 5) is 18.5. The Morgan fingerprint density at radius 3 is 3.12 bits per heavy atom. The summed E-state index contributed by atoms with van der Waals surface area (Å²) in [7, 11) is 0. The molecule has 1 aliphatic rings. The second-order valence-corrected chi connectivity index (χ2v) is 6.23. The molecule has 2 atom stereocenters. The number of rotatable bonds is 4. The van der Waals surface area contributed by atoms with Crippen LogP contribution >= 0.6 is 0 Å². The van der Waals surface area contributed by atoms with Crippen LogP contribution in [0.2, 0.25) is 0 Å². The van der Waals surface area contributed by atoms with Gasteiger partial charge in [-0.2, -0.15) is 4.98 Å². The van der Waals surface area contributed by atoms with E-state index in [1.807, 2.05) is 11.8 Å². The van der Waals surface area contributed by atoms with E-state index in [0.29, 0.717) is 30.4 Å². The van der Waals surface area contributed by atoms with Gasteiger partial charge in [0.05, 0.1) is 5.92 Å². The average molecular weight is 332 g/mol. The summed E-state index contributed by atoms with van der Waals surface area (Å²) in [5, 5.41) is 3.95. The molecule has 128 valence electrons. The molecular weight excluding hydrogens is 311 g/mol. The third-order valence-electron chi connectivity index (χ3n) is 4.38. The number of likely N-dealkylation sites (tertiary alicyclic amines) is 1. The molecule has 3 rings (SSSR count). The van der Waals surface area contributed by atoms with Crippen molar-refractivity contribution in [3.63, 3.8) is 0 Å². The molecule has 0 saturated carbocycles. The van der Waals surface area contributed by atoms with Crippen LogP contribution < -0.4 is 5.73 Å². The van der Waals surface area contributed by atoms with Crippen molar-refractivity contribution in [1.29, 1.82) is 0 Å².